The van der Waals surface area contributed by atoms with Crippen LogP contribution in [0.5, 0.6) is 17.2 Å². The van der Waals surface area contributed by atoms with E-state index < -0.39 is 12.2 Å². The molecule has 2 aromatic carbocycles. The van der Waals surface area contributed by atoms with E-state index in [-0.39, 0.29) is 12.3 Å². The maximum Gasteiger partial charge on any atom is 0.387 e. The van der Waals surface area contributed by atoms with E-state index in [9.17, 15) is 13.9 Å². The normalized spacial score (nSPS) is 13.1. The van der Waals surface area contributed by atoms with Crippen LogP contribution in [-0.4, -0.2) is 36.2 Å². The number of benzene rings is 2. The highest BCUT2D eigenvalue weighted by atomic mass is 19.3. The number of fused-ring (bicyclic) bond motifs is 5. The van der Waals surface area contributed by atoms with Gasteiger partial charge in [0, 0.05) is 36.1 Å². The SMILES string of the molecule is CC(C)(O)c1ncc(-c2ccc3nc4n(c3c2)Cc2c(cccc2OC(F)F)Oc2cnccc2C4)cn1. The number of imidazole rings is 1. The van der Waals surface area contributed by atoms with E-state index in [2.05, 4.69) is 15.0 Å². The maximum atomic E-state index is 13.3. The van der Waals surface area contributed by atoms with Gasteiger partial charge in [0.2, 0.25) is 0 Å². The van der Waals surface area contributed by atoms with Gasteiger partial charge in [0.25, 0.3) is 0 Å². The monoisotopic (exact) mass is 515 g/mol. The molecule has 3 aromatic heterocycles. The number of alkyl halides is 2. The lowest BCUT2D eigenvalue weighted by Crippen LogP contribution is -2.19. The lowest BCUT2D eigenvalue weighted by Gasteiger charge is -2.17. The molecule has 8 nitrogen and oxygen atoms in total. The zero-order valence-electron chi connectivity index (χ0n) is 20.6. The highest BCUT2D eigenvalue weighted by molar-refractivity contribution is 5.83. The molecule has 38 heavy (non-hydrogen) atoms. The van der Waals surface area contributed by atoms with Crippen LogP contribution in [0.1, 0.15) is 36.6 Å². The maximum absolute atomic E-state index is 13.3. The fraction of sp³-hybridized carbons (Fsp3) is 0.214. The second-order valence-corrected chi connectivity index (χ2v) is 9.55. The van der Waals surface area contributed by atoms with Crippen LogP contribution in [0, 0.1) is 0 Å². The van der Waals surface area contributed by atoms with E-state index in [0.717, 1.165) is 33.5 Å². The molecule has 0 spiro atoms. The molecule has 192 valence electrons. The van der Waals surface area contributed by atoms with Crippen molar-refractivity contribution in [1.29, 1.82) is 0 Å². The number of ether oxygens (including phenoxy) is 2. The van der Waals surface area contributed by atoms with Crippen molar-refractivity contribution in [2.45, 2.75) is 39.0 Å². The molecular weight excluding hydrogens is 492 g/mol. The smallest absolute Gasteiger partial charge is 0.387 e. The van der Waals surface area contributed by atoms with Crippen LogP contribution in [0.2, 0.25) is 0 Å². The van der Waals surface area contributed by atoms with Gasteiger partial charge in [-0.2, -0.15) is 8.78 Å². The average molecular weight is 516 g/mol. The number of rotatable bonds is 4. The van der Waals surface area contributed by atoms with Crippen molar-refractivity contribution >= 4 is 11.0 Å². The quantitative estimate of drug-likeness (QED) is 0.333. The third-order valence-electron chi connectivity index (χ3n) is 6.42. The lowest BCUT2D eigenvalue weighted by atomic mass is 10.1. The van der Waals surface area contributed by atoms with E-state index in [1.165, 1.54) is 6.07 Å². The molecule has 1 aliphatic heterocycles. The molecule has 0 bridgehead atoms. The number of halogens is 2. The largest absolute Gasteiger partial charge is 0.455 e. The molecule has 0 aliphatic carbocycles. The summed E-state index contributed by atoms with van der Waals surface area (Å²) in [5.74, 6) is 2.02. The second-order valence-electron chi connectivity index (χ2n) is 9.55. The van der Waals surface area contributed by atoms with E-state index in [4.69, 9.17) is 14.5 Å². The van der Waals surface area contributed by atoms with Crippen molar-refractivity contribution in [1.82, 2.24) is 24.5 Å². The molecule has 0 amide bonds. The van der Waals surface area contributed by atoms with Gasteiger partial charge in [-0.05, 0) is 49.7 Å². The summed E-state index contributed by atoms with van der Waals surface area (Å²) in [7, 11) is 0. The molecule has 6 rings (SSSR count). The van der Waals surface area contributed by atoms with Gasteiger partial charge in [-0.1, -0.05) is 12.1 Å². The minimum Gasteiger partial charge on any atom is -0.455 e. The van der Waals surface area contributed by atoms with Gasteiger partial charge in [0.15, 0.2) is 5.82 Å². The van der Waals surface area contributed by atoms with Gasteiger partial charge in [-0.3, -0.25) is 4.98 Å². The first kappa shape index (κ1) is 23.9. The van der Waals surface area contributed by atoms with Gasteiger partial charge in [0.1, 0.15) is 28.7 Å². The standard InChI is InChI=1S/C28H23F2N5O3/c1-28(2,36)26-32-12-18(13-33-26)16-6-7-20-21(10-16)35-15-19-22(4-3-5-23(19)38-27(29)30)37-24-14-31-9-8-17(24)11-25(35)34-20/h3-10,12-14,27,36H,11,15H2,1-2H3. The van der Waals surface area contributed by atoms with Crippen molar-refractivity contribution in [3.8, 4) is 28.4 Å². The summed E-state index contributed by atoms with van der Waals surface area (Å²) in [6.45, 7) is 0.467. The lowest BCUT2D eigenvalue weighted by molar-refractivity contribution is -0.0505. The summed E-state index contributed by atoms with van der Waals surface area (Å²) < 4.78 is 39.6. The molecule has 4 heterocycles. The third kappa shape index (κ3) is 4.43. The number of hydrogen-bond acceptors (Lipinski definition) is 7. The van der Waals surface area contributed by atoms with Crippen LogP contribution in [-0.2, 0) is 18.6 Å². The number of pyridine rings is 1. The molecule has 0 saturated carbocycles. The summed E-state index contributed by atoms with van der Waals surface area (Å²) in [6.07, 6.45) is 7.06. The Morgan fingerprint density at radius 1 is 1.03 bits per heavy atom. The van der Waals surface area contributed by atoms with Crippen LogP contribution < -0.4 is 9.47 Å². The first-order chi connectivity index (χ1) is 18.3. The Morgan fingerprint density at radius 3 is 2.61 bits per heavy atom. The van der Waals surface area contributed by atoms with E-state index in [1.54, 1.807) is 50.8 Å². The molecule has 0 atom stereocenters. The van der Waals surface area contributed by atoms with Crippen molar-refractivity contribution in [2.75, 3.05) is 0 Å². The van der Waals surface area contributed by atoms with Crippen molar-refractivity contribution in [2.24, 2.45) is 0 Å². The summed E-state index contributed by atoms with van der Waals surface area (Å²) in [5.41, 5.74) is 3.35. The Bertz CT molecular complexity index is 1650. The van der Waals surface area contributed by atoms with Gasteiger partial charge in [0.05, 0.1) is 29.3 Å². The van der Waals surface area contributed by atoms with E-state index >= 15 is 0 Å². The van der Waals surface area contributed by atoms with Crippen LogP contribution >= 0.6 is 0 Å². The van der Waals surface area contributed by atoms with Crippen molar-refractivity contribution in [3.05, 3.63) is 90.0 Å². The third-order valence-corrected chi connectivity index (χ3v) is 6.42. The van der Waals surface area contributed by atoms with Crippen molar-refractivity contribution in [3.63, 3.8) is 0 Å². The average Bonchev–Trinajstić information content (AvgIpc) is 3.24. The number of aromatic nitrogens is 5. The predicted molar refractivity (Wildman–Crippen MR) is 135 cm³/mol. The molecule has 0 fully saturated rings. The summed E-state index contributed by atoms with van der Waals surface area (Å²) in [6, 6.07) is 12.5. The zero-order chi connectivity index (χ0) is 26.4. The van der Waals surface area contributed by atoms with Crippen LogP contribution in [0.3, 0.4) is 0 Å². The Hall–Kier alpha value is -4.44. The van der Waals surface area contributed by atoms with Gasteiger partial charge < -0.3 is 19.1 Å². The Balaban J connectivity index is 1.52. The summed E-state index contributed by atoms with van der Waals surface area (Å²) in [5, 5.41) is 10.2. The van der Waals surface area contributed by atoms with Crippen molar-refractivity contribution < 1.29 is 23.4 Å². The molecule has 1 aliphatic rings. The van der Waals surface area contributed by atoms with E-state index in [0.29, 0.717) is 29.3 Å². The Labute approximate surface area is 216 Å². The summed E-state index contributed by atoms with van der Waals surface area (Å²) >= 11 is 0. The molecule has 0 radical (unpaired) electrons. The van der Waals surface area contributed by atoms with Gasteiger partial charge in [-0.15, -0.1) is 0 Å². The fourth-order valence-corrected chi connectivity index (χ4v) is 4.55. The molecule has 0 saturated heterocycles. The van der Waals surface area contributed by atoms with Crippen LogP contribution in [0.4, 0.5) is 8.78 Å². The topological polar surface area (TPSA) is 95.2 Å². The minimum absolute atomic E-state index is 0.0319. The van der Waals surface area contributed by atoms with Crippen LogP contribution in [0.15, 0.2) is 67.3 Å². The van der Waals surface area contributed by atoms with Crippen LogP contribution in [0.25, 0.3) is 22.2 Å². The number of nitrogens with zero attached hydrogens (tertiary/aromatic N) is 5. The fourth-order valence-electron chi connectivity index (χ4n) is 4.55. The zero-order valence-corrected chi connectivity index (χ0v) is 20.6. The molecule has 10 heteroatoms. The molecule has 0 unspecified atom stereocenters. The first-order valence-corrected chi connectivity index (χ1v) is 12.0. The molecular formula is C28H23F2N5O3. The van der Waals surface area contributed by atoms with Gasteiger partial charge >= 0.3 is 6.61 Å². The van der Waals surface area contributed by atoms with E-state index in [1.807, 2.05) is 28.8 Å². The Kier molecular flexibility index (Phi) is 5.76. The molecule has 5 aromatic rings. The number of aliphatic hydroxyl groups is 1. The first-order valence-electron chi connectivity index (χ1n) is 12.0. The second kappa shape index (κ2) is 9.14. The predicted octanol–water partition coefficient (Wildman–Crippen LogP) is 5.46. The highest BCUT2D eigenvalue weighted by Crippen LogP contribution is 2.38. The highest BCUT2D eigenvalue weighted by Gasteiger charge is 2.23. The minimum atomic E-state index is -2.99. The van der Waals surface area contributed by atoms with Gasteiger partial charge in [-0.25, -0.2) is 15.0 Å². The molecule has 1 N–H and O–H groups in total. The summed E-state index contributed by atoms with van der Waals surface area (Å²) in [4.78, 5) is 17.7. The Morgan fingerprint density at radius 2 is 1.84 bits per heavy atom. The number of hydrogen-bond donors (Lipinski definition) is 1.